The highest BCUT2D eigenvalue weighted by Crippen LogP contribution is 2.65. The van der Waals surface area contributed by atoms with Gasteiger partial charge in [0.25, 0.3) is 0 Å². The van der Waals surface area contributed by atoms with Crippen LogP contribution in [0.2, 0.25) is 0 Å². The van der Waals surface area contributed by atoms with Crippen molar-refractivity contribution in [1.82, 2.24) is 0 Å². The molecule has 3 heteroatoms. The summed E-state index contributed by atoms with van der Waals surface area (Å²) in [5.74, 6) is 3.45. The second-order valence-electron chi connectivity index (χ2n) is 8.86. The van der Waals surface area contributed by atoms with Gasteiger partial charge in [-0.15, -0.1) is 0 Å². The maximum absolute atomic E-state index is 12.1. The van der Waals surface area contributed by atoms with E-state index in [0.29, 0.717) is 30.0 Å². The van der Waals surface area contributed by atoms with E-state index in [9.17, 15) is 9.59 Å². The fourth-order valence-corrected chi connectivity index (χ4v) is 6.74. The van der Waals surface area contributed by atoms with Crippen LogP contribution in [-0.2, 0) is 14.3 Å². The van der Waals surface area contributed by atoms with Crippen LogP contribution in [0.4, 0.5) is 0 Å². The number of carbonyl (C=O) groups excluding carboxylic acids is 2. The Balaban J connectivity index is 1.67. The van der Waals surface area contributed by atoms with Crippen LogP contribution in [0.5, 0.6) is 0 Å². The smallest absolute Gasteiger partial charge is 0.310 e. The third kappa shape index (κ3) is 2.01. The first kappa shape index (κ1) is 15.4. The number of rotatable bonds is 1. The number of Topliss-reactive ketones (excluding diaryl/α,β-unsaturated/α-hetero) is 1. The SMILES string of the molecule is CC(=O)[C@H]1CC[C@@H]2[C@H]3CC=C4OC(=O)CC[C@]4(C)[C@@H]3CC[C@]12C. The third-order valence-electron chi connectivity index (χ3n) is 7.96. The molecule has 0 radical (unpaired) electrons. The number of hydrogen-bond donors (Lipinski definition) is 0. The van der Waals surface area contributed by atoms with E-state index in [2.05, 4.69) is 19.9 Å². The van der Waals surface area contributed by atoms with Gasteiger partial charge in [-0.2, -0.15) is 0 Å². The Kier molecular flexibility index (Phi) is 3.31. The fraction of sp³-hybridized carbons (Fsp3) is 0.800. The molecule has 0 spiro atoms. The average molecular weight is 316 g/mol. The first-order chi connectivity index (χ1) is 10.9. The highest BCUT2D eigenvalue weighted by atomic mass is 16.5. The van der Waals surface area contributed by atoms with Crippen molar-refractivity contribution in [1.29, 1.82) is 0 Å². The van der Waals surface area contributed by atoms with Crippen LogP contribution in [0.15, 0.2) is 11.8 Å². The highest BCUT2D eigenvalue weighted by molar-refractivity contribution is 5.79. The van der Waals surface area contributed by atoms with E-state index in [4.69, 9.17) is 4.74 Å². The molecule has 3 nitrogen and oxygen atoms in total. The van der Waals surface area contributed by atoms with E-state index in [-0.39, 0.29) is 22.7 Å². The van der Waals surface area contributed by atoms with Crippen molar-refractivity contribution in [3.05, 3.63) is 11.8 Å². The minimum absolute atomic E-state index is 0.0342. The Hall–Kier alpha value is -1.12. The van der Waals surface area contributed by atoms with E-state index in [1.807, 2.05) is 0 Å². The number of hydrogen-bond acceptors (Lipinski definition) is 3. The van der Waals surface area contributed by atoms with Crippen LogP contribution >= 0.6 is 0 Å². The van der Waals surface area contributed by atoms with Gasteiger partial charge in [-0.25, -0.2) is 0 Å². The van der Waals surface area contributed by atoms with E-state index in [1.165, 1.54) is 12.8 Å². The van der Waals surface area contributed by atoms with Crippen LogP contribution in [0.1, 0.15) is 65.7 Å². The molecule has 2 saturated carbocycles. The fourth-order valence-electron chi connectivity index (χ4n) is 6.74. The molecule has 0 aromatic carbocycles. The molecular formula is C20H28O3. The summed E-state index contributed by atoms with van der Waals surface area (Å²) in [5, 5.41) is 0. The lowest BCUT2D eigenvalue weighted by molar-refractivity contribution is -0.152. The van der Waals surface area contributed by atoms with E-state index in [0.717, 1.165) is 31.4 Å². The van der Waals surface area contributed by atoms with Gasteiger partial charge in [0.2, 0.25) is 0 Å². The highest BCUT2D eigenvalue weighted by Gasteiger charge is 2.60. The summed E-state index contributed by atoms with van der Waals surface area (Å²) in [7, 11) is 0. The van der Waals surface area contributed by atoms with Gasteiger partial charge in [0, 0.05) is 17.8 Å². The van der Waals surface area contributed by atoms with Crippen molar-refractivity contribution < 1.29 is 14.3 Å². The molecule has 0 unspecified atom stereocenters. The lowest BCUT2D eigenvalue weighted by atomic mass is 9.49. The molecule has 0 amide bonds. The number of esters is 1. The number of ether oxygens (including phenoxy) is 1. The summed E-state index contributed by atoms with van der Waals surface area (Å²) in [6.45, 7) is 6.46. The van der Waals surface area contributed by atoms with Gasteiger partial charge in [0.05, 0.1) is 0 Å². The van der Waals surface area contributed by atoms with Crippen LogP contribution in [-0.4, -0.2) is 11.8 Å². The van der Waals surface area contributed by atoms with E-state index >= 15 is 0 Å². The van der Waals surface area contributed by atoms with Gasteiger partial charge < -0.3 is 4.74 Å². The summed E-state index contributed by atoms with van der Waals surface area (Å²) in [5.41, 5.74) is 0.229. The van der Waals surface area contributed by atoms with Gasteiger partial charge in [-0.1, -0.05) is 13.8 Å². The average Bonchev–Trinajstić information content (AvgIpc) is 2.85. The predicted molar refractivity (Wildman–Crippen MR) is 87.3 cm³/mol. The lowest BCUT2D eigenvalue weighted by Gasteiger charge is -2.56. The maximum atomic E-state index is 12.1. The first-order valence-electron chi connectivity index (χ1n) is 9.28. The molecule has 6 atom stereocenters. The molecule has 1 saturated heterocycles. The molecule has 3 fully saturated rings. The minimum atomic E-state index is -0.0645. The van der Waals surface area contributed by atoms with Crippen LogP contribution in [0.25, 0.3) is 0 Å². The minimum Gasteiger partial charge on any atom is -0.431 e. The Labute approximate surface area is 138 Å². The molecule has 0 bridgehead atoms. The second-order valence-corrected chi connectivity index (χ2v) is 8.86. The van der Waals surface area contributed by atoms with Gasteiger partial charge in [0.15, 0.2) is 0 Å². The Bertz CT molecular complexity index is 592. The summed E-state index contributed by atoms with van der Waals surface area (Å²) in [6, 6.07) is 0. The zero-order valence-electron chi connectivity index (χ0n) is 14.6. The summed E-state index contributed by atoms with van der Waals surface area (Å²) in [4.78, 5) is 23.8. The van der Waals surface area contributed by atoms with Crippen molar-refractivity contribution in [2.45, 2.75) is 65.7 Å². The summed E-state index contributed by atoms with van der Waals surface area (Å²) in [6.07, 6.45) is 9.29. The van der Waals surface area contributed by atoms with Gasteiger partial charge in [0.1, 0.15) is 11.5 Å². The van der Waals surface area contributed by atoms with Crippen molar-refractivity contribution in [2.24, 2.45) is 34.5 Å². The molecule has 4 aliphatic rings. The third-order valence-corrected chi connectivity index (χ3v) is 7.96. The van der Waals surface area contributed by atoms with Crippen molar-refractivity contribution in [2.75, 3.05) is 0 Å². The van der Waals surface area contributed by atoms with Crippen LogP contribution in [0.3, 0.4) is 0 Å². The molecule has 1 aliphatic heterocycles. The number of ketones is 1. The predicted octanol–water partition coefficient (Wildman–Crippen LogP) is 4.27. The quantitative estimate of drug-likeness (QED) is 0.679. The summed E-state index contributed by atoms with van der Waals surface area (Å²) >= 11 is 0. The number of carbonyl (C=O) groups is 2. The molecule has 23 heavy (non-hydrogen) atoms. The second kappa shape index (κ2) is 4.94. The number of allylic oxidation sites excluding steroid dienone is 2. The van der Waals surface area contributed by atoms with Crippen LogP contribution < -0.4 is 0 Å². The molecular weight excluding hydrogens is 288 g/mol. The number of fused-ring (bicyclic) bond motifs is 5. The Morgan fingerprint density at radius 3 is 2.70 bits per heavy atom. The van der Waals surface area contributed by atoms with Crippen molar-refractivity contribution in [3.63, 3.8) is 0 Å². The van der Waals surface area contributed by atoms with Gasteiger partial charge in [-0.05, 0) is 74.7 Å². The standard InChI is InChI=1S/C20H28O3/c1-12(21)14-5-6-15-13-4-7-17-20(3,11-9-18(22)23-17)16(13)8-10-19(14,15)2/h7,13-16H,4-6,8-11H2,1-3H3/t13-,14-,15-,16-,19-,20-/m1/s1. The van der Waals surface area contributed by atoms with Crippen molar-refractivity contribution >= 4 is 11.8 Å². The first-order valence-corrected chi connectivity index (χ1v) is 9.28. The van der Waals surface area contributed by atoms with Gasteiger partial charge >= 0.3 is 5.97 Å². The summed E-state index contributed by atoms with van der Waals surface area (Å²) < 4.78 is 5.61. The Morgan fingerprint density at radius 1 is 1.17 bits per heavy atom. The maximum Gasteiger partial charge on any atom is 0.310 e. The van der Waals surface area contributed by atoms with E-state index < -0.39 is 0 Å². The lowest BCUT2D eigenvalue weighted by Crippen LogP contribution is -2.51. The molecule has 126 valence electrons. The molecule has 4 rings (SSSR count). The Morgan fingerprint density at radius 2 is 1.96 bits per heavy atom. The molecule has 0 N–H and O–H groups in total. The topological polar surface area (TPSA) is 43.4 Å². The largest absolute Gasteiger partial charge is 0.431 e. The van der Waals surface area contributed by atoms with Crippen LogP contribution in [0, 0.1) is 34.5 Å². The zero-order chi connectivity index (χ0) is 16.4. The van der Waals surface area contributed by atoms with E-state index in [1.54, 1.807) is 6.92 Å². The van der Waals surface area contributed by atoms with Crippen molar-refractivity contribution in [3.8, 4) is 0 Å². The molecule has 0 aromatic heterocycles. The monoisotopic (exact) mass is 316 g/mol. The normalized spacial score (nSPS) is 48.7. The zero-order valence-corrected chi connectivity index (χ0v) is 14.6. The molecule has 1 heterocycles. The molecule has 3 aliphatic carbocycles. The van der Waals surface area contributed by atoms with Gasteiger partial charge in [-0.3, -0.25) is 9.59 Å². The molecule has 0 aromatic rings.